The van der Waals surface area contributed by atoms with Gasteiger partial charge >= 0.3 is 11.9 Å². The van der Waals surface area contributed by atoms with Crippen LogP contribution < -0.4 is 0 Å². The van der Waals surface area contributed by atoms with Crippen molar-refractivity contribution in [2.24, 2.45) is 0 Å². The molecule has 0 bridgehead atoms. The molecular weight excluding hydrogens is 397 g/mol. The Morgan fingerprint density at radius 2 is 1.68 bits per heavy atom. The van der Waals surface area contributed by atoms with E-state index in [1.54, 1.807) is 6.20 Å². The average Bonchev–Trinajstić information content (AvgIpc) is 2.40. The summed E-state index contributed by atoms with van der Waals surface area (Å²) in [7, 11) is 0. The Labute approximate surface area is 144 Å². The fourth-order valence-corrected chi connectivity index (χ4v) is 2.84. The number of halogens is 1. The molecular formula is C16H22INO4. The van der Waals surface area contributed by atoms with Crippen molar-refractivity contribution in [3.63, 3.8) is 0 Å². The highest BCUT2D eigenvalue weighted by Gasteiger charge is 2.25. The van der Waals surface area contributed by atoms with Gasteiger partial charge in [0.05, 0.1) is 5.69 Å². The first-order chi connectivity index (χ1) is 10.2. The molecule has 0 saturated carbocycles. The van der Waals surface area contributed by atoms with Gasteiger partial charge in [0, 0.05) is 35.6 Å². The predicted octanol–water partition coefficient (Wildman–Crippen LogP) is 3.44. The molecule has 0 unspecified atom stereocenters. The summed E-state index contributed by atoms with van der Waals surface area (Å²) >= 11 is 2.27. The van der Waals surface area contributed by atoms with E-state index in [1.807, 2.05) is 0 Å². The van der Waals surface area contributed by atoms with Crippen molar-refractivity contribution in [2.45, 2.75) is 57.7 Å². The van der Waals surface area contributed by atoms with Gasteiger partial charge in [-0.25, -0.2) is 0 Å². The third-order valence-electron chi connectivity index (χ3n) is 3.08. The van der Waals surface area contributed by atoms with E-state index in [2.05, 4.69) is 48.3 Å². The van der Waals surface area contributed by atoms with E-state index in [1.165, 1.54) is 13.8 Å². The predicted molar refractivity (Wildman–Crippen MR) is 91.6 cm³/mol. The van der Waals surface area contributed by atoms with Crippen molar-refractivity contribution in [3.05, 3.63) is 28.6 Å². The van der Waals surface area contributed by atoms with Crippen LogP contribution in [0.15, 0.2) is 6.20 Å². The summed E-state index contributed by atoms with van der Waals surface area (Å²) < 4.78 is 11.1. The van der Waals surface area contributed by atoms with Gasteiger partial charge in [-0.05, 0) is 11.0 Å². The van der Waals surface area contributed by atoms with Gasteiger partial charge < -0.3 is 9.47 Å². The first-order valence-electron chi connectivity index (χ1n) is 6.99. The number of pyridine rings is 1. The van der Waals surface area contributed by atoms with Gasteiger partial charge in [0.1, 0.15) is 13.2 Å². The summed E-state index contributed by atoms with van der Waals surface area (Å²) in [5, 5.41) is 0. The van der Waals surface area contributed by atoms with E-state index in [9.17, 15) is 9.59 Å². The summed E-state index contributed by atoms with van der Waals surface area (Å²) in [5.74, 6) is -0.695. The van der Waals surface area contributed by atoms with Gasteiger partial charge in [0.2, 0.25) is 0 Å². The van der Waals surface area contributed by atoms with Crippen LogP contribution >= 0.6 is 22.6 Å². The number of hydrogen-bond donors (Lipinski definition) is 0. The van der Waals surface area contributed by atoms with Crippen molar-refractivity contribution in [2.75, 3.05) is 0 Å². The standard InChI is InChI=1S/C16H22INO4/c1-10(19)21-8-12-7-18-14(6-17)15(16(3,4)5)13(12)9-22-11(2)20/h7H,6,8-9H2,1-5H3. The molecule has 1 aromatic heterocycles. The molecule has 6 heteroatoms. The number of aromatic nitrogens is 1. The number of alkyl halides is 1. The van der Waals surface area contributed by atoms with Crippen LogP contribution in [-0.2, 0) is 42.1 Å². The van der Waals surface area contributed by atoms with Crippen LogP contribution in [0.4, 0.5) is 0 Å². The SMILES string of the molecule is CC(=O)OCc1cnc(CI)c(C(C)(C)C)c1COC(C)=O. The average molecular weight is 419 g/mol. The van der Waals surface area contributed by atoms with Gasteiger partial charge in [-0.1, -0.05) is 43.4 Å². The van der Waals surface area contributed by atoms with E-state index in [-0.39, 0.29) is 30.6 Å². The van der Waals surface area contributed by atoms with Gasteiger partial charge in [-0.3, -0.25) is 14.6 Å². The van der Waals surface area contributed by atoms with E-state index >= 15 is 0 Å². The number of hydrogen-bond acceptors (Lipinski definition) is 5. The number of nitrogens with zero attached hydrogens (tertiary/aromatic N) is 1. The van der Waals surface area contributed by atoms with Gasteiger partial charge in [0.15, 0.2) is 0 Å². The molecule has 0 radical (unpaired) electrons. The lowest BCUT2D eigenvalue weighted by Gasteiger charge is -2.27. The van der Waals surface area contributed by atoms with Crippen LogP contribution in [0.5, 0.6) is 0 Å². The maximum absolute atomic E-state index is 11.2. The van der Waals surface area contributed by atoms with E-state index in [0.29, 0.717) is 0 Å². The molecule has 22 heavy (non-hydrogen) atoms. The molecule has 5 nitrogen and oxygen atoms in total. The van der Waals surface area contributed by atoms with Crippen molar-refractivity contribution in [1.82, 2.24) is 4.98 Å². The third-order valence-corrected chi connectivity index (χ3v) is 3.80. The van der Waals surface area contributed by atoms with E-state index < -0.39 is 0 Å². The summed E-state index contributed by atoms with van der Waals surface area (Å²) in [4.78, 5) is 26.7. The second kappa shape index (κ2) is 7.89. The van der Waals surface area contributed by atoms with Crippen LogP contribution in [-0.4, -0.2) is 16.9 Å². The molecule has 1 aromatic rings. The molecule has 0 saturated heterocycles. The quantitative estimate of drug-likeness (QED) is 0.416. The Bertz CT molecular complexity index is 564. The highest BCUT2D eigenvalue weighted by Crippen LogP contribution is 2.32. The zero-order chi connectivity index (χ0) is 16.9. The summed E-state index contributed by atoms with van der Waals surface area (Å²) in [6.45, 7) is 9.30. The molecule has 0 fully saturated rings. The molecule has 0 aliphatic heterocycles. The van der Waals surface area contributed by atoms with Crippen molar-refractivity contribution in [1.29, 1.82) is 0 Å². The summed E-state index contributed by atoms with van der Waals surface area (Å²) in [5.41, 5.74) is 3.50. The molecule has 1 heterocycles. The van der Waals surface area contributed by atoms with Crippen LogP contribution in [0, 0.1) is 0 Å². The Morgan fingerprint density at radius 1 is 1.14 bits per heavy atom. The maximum Gasteiger partial charge on any atom is 0.302 e. The number of carbonyl (C=O) groups is 2. The Hall–Kier alpha value is -1.18. The molecule has 122 valence electrons. The topological polar surface area (TPSA) is 65.5 Å². The molecule has 0 atom stereocenters. The Morgan fingerprint density at radius 3 is 2.14 bits per heavy atom. The zero-order valence-corrected chi connectivity index (χ0v) is 15.8. The van der Waals surface area contributed by atoms with E-state index in [0.717, 1.165) is 26.8 Å². The molecule has 1 rings (SSSR count). The van der Waals surface area contributed by atoms with Crippen LogP contribution in [0.25, 0.3) is 0 Å². The van der Waals surface area contributed by atoms with Gasteiger partial charge in [-0.2, -0.15) is 0 Å². The van der Waals surface area contributed by atoms with Gasteiger partial charge in [-0.15, -0.1) is 0 Å². The van der Waals surface area contributed by atoms with Crippen molar-refractivity contribution >= 4 is 34.5 Å². The monoisotopic (exact) mass is 419 g/mol. The molecule has 0 aromatic carbocycles. The minimum Gasteiger partial charge on any atom is -0.461 e. The minimum absolute atomic E-state index is 0.129. The third kappa shape index (κ3) is 5.23. The lowest BCUT2D eigenvalue weighted by molar-refractivity contribution is -0.144. The number of esters is 2. The van der Waals surface area contributed by atoms with E-state index in [4.69, 9.17) is 9.47 Å². The van der Waals surface area contributed by atoms with Crippen molar-refractivity contribution in [3.8, 4) is 0 Å². The lowest BCUT2D eigenvalue weighted by atomic mass is 9.81. The summed E-state index contributed by atoms with van der Waals surface area (Å²) in [6.07, 6.45) is 1.70. The highest BCUT2D eigenvalue weighted by atomic mass is 127. The normalized spacial score (nSPS) is 11.2. The second-order valence-electron chi connectivity index (χ2n) is 6.03. The number of ether oxygens (including phenoxy) is 2. The zero-order valence-electron chi connectivity index (χ0n) is 13.7. The smallest absolute Gasteiger partial charge is 0.302 e. The second-order valence-corrected chi connectivity index (χ2v) is 6.79. The molecule has 0 N–H and O–H groups in total. The van der Waals surface area contributed by atoms with Crippen molar-refractivity contribution < 1.29 is 19.1 Å². The van der Waals surface area contributed by atoms with Gasteiger partial charge in [0.25, 0.3) is 0 Å². The highest BCUT2D eigenvalue weighted by molar-refractivity contribution is 14.1. The fourth-order valence-electron chi connectivity index (χ4n) is 2.26. The first-order valence-corrected chi connectivity index (χ1v) is 8.52. The summed E-state index contributed by atoms with van der Waals surface area (Å²) in [6, 6.07) is 0. The minimum atomic E-state index is -0.353. The first kappa shape index (κ1) is 18.9. The molecule has 0 amide bonds. The molecule has 0 spiro atoms. The Balaban J connectivity index is 3.37. The Kier molecular flexibility index (Phi) is 6.77. The van der Waals surface area contributed by atoms with Crippen LogP contribution in [0.3, 0.4) is 0 Å². The fraction of sp³-hybridized carbons (Fsp3) is 0.562. The van der Waals surface area contributed by atoms with Crippen LogP contribution in [0.1, 0.15) is 57.0 Å². The lowest BCUT2D eigenvalue weighted by Crippen LogP contribution is -2.21. The molecule has 0 aliphatic rings. The number of rotatable bonds is 5. The molecule has 0 aliphatic carbocycles. The maximum atomic E-state index is 11.2. The largest absolute Gasteiger partial charge is 0.461 e. The number of carbonyl (C=O) groups excluding carboxylic acids is 2. The van der Waals surface area contributed by atoms with Crippen LogP contribution in [0.2, 0.25) is 0 Å².